The van der Waals surface area contributed by atoms with Gasteiger partial charge in [-0.15, -0.1) is 0 Å². The highest BCUT2D eigenvalue weighted by Gasteiger charge is 2.26. The lowest BCUT2D eigenvalue weighted by Crippen LogP contribution is -2.44. The topological polar surface area (TPSA) is 92.7 Å². The summed E-state index contributed by atoms with van der Waals surface area (Å²) in [7, 11) is -1.72. The number of anilines is 1. The Labute approximate surface area is 165 Å². The van der Waals surface area contributed by atoms with Crippen molar-refractivity contribution < 1.29 is 17.9 Å². The van der Waals surface area contributed by atoms with Crippen LogP contribution in [0.5, 0.6) is 0 Å². The number of morpholine rings is 1. The van der Waals surface area contributed by atoms with E-state index in [-0.39, 0.29) is 23.4 Å². The second-order valence-corrected chi connectivity index (χ2v) is 8.53. The van der Waals surface area contributed by atoms with Crippen molar-refractivity contribution in [2.75, 3.05) is 38.2 Å². The van der Waals surface area contributed by atoms with E-state index in [0.717, 1.165) is 18.8 Å². The van der Waals surface area contributed by atoms with Crippen LogP contribution in [0.2, 0.25) is 0 Å². The van der Waals surface area contributed by atoms with Crippen molar-refractivity contribution in [3.05, 3.63) is 48.3 Å². The Kier molecular flexibility index (Phi) is 6.50. The molecule has 0 spiro atoms. The molecule has 1 saturated heterocycles. The van der Waals surface area contributed by atoms with Crippen LogP contribution in [-0.4, -0.2) is 56.6 Å². The molecule has 1 amide bonds. The summed E-state index contributed by atoms with van der Waals surface area (Å²) < 4.78 is 35.7. The van der Waals surface area contributed by atoms with E-state index in [1.807, 2.05) is 29.9 Å². The molecule has 0 aliphatic carbocycles. The SMILES string of the molecule is CC(=O)Nc1ccc(S(=O)(=O)NCC(c2cccn2C)N2CCOCC2)cc1. The Morgan fingerprint density at radius 3 is 2.43 bits per heavy atom. The van der Waals surface area contributed by atoms with Crippen LogP contribution in [0.4, 0.5) is 5.69 Å². The van der Waals surface area contributed by atoms with Gasteiger partial charge in [0.15, 0.2) is 0 Å². The highest BCUT2D eigenvalue weighted by Crippen LogP contribution is 2.22. The number of carbonyl (C=O) groups is 1. The number of amides is 1. The number of nitrogens with zero attached hydrogens (tertiary/aromatic N) is 2. The van der Waals surface area contributed by atoms with Crippen molar-refractivity contribution >= 4 is 21.6 Å². The molecule has 2 N–H and O–H groups in total. The summed E-state index contributed by atoms with van der Waals surface area (Å²) >= 11 is 0. The molecule has 3 rings (SSSR count). The Morgan fingerprint density at radius 2 is 1.86 bits per heavy atom. The molecule has 1 unspecified atom stereocenters. The normalized spacial score (nSPS) is 16.6. The average Bonchev–Trinajstić information content (AvgIpc) is 3.08. The van der Waals surface area contributed by atoms with Crippen LogP contribution in [0.25, 0.3) is 0 Å². The Morgan fingerprint density at radius 1 is 1.18 bits per heavy atom. The second kappa shape index (κ2) is 8.87. The predicted octanol–water partition coefficient (Wildman–Crippen LogP) is 1.34. The summed E-state index contributed by atoms with van der Waals surface area (Å²) in [4.78, 5) is 13.5. The summed E-state index contributed by atoms with van der Waals surface area (Å²) in [5.41, 5.74) is 1.60. The van der Waals surface area contributed by atoms with Gasteiger partial charge in [0.25, 0.3) is 0 Å². The Hall–Kier alpha value is -2.20. The molecule has 0 saturated carbocycles. The van der Waals surface area contributed by atoms with E-state index in [9.17, 15) is 13.2 Å². The lowest BCUT2D eigenvalue weighted by atomic mass is 10.1. The number of benzene rings is 1. The van der Waals surface area contributed by atoms with Crippen LogP contribution in [0, 0.1) is 0 Å². The van der Waals surface area contributed by atoms with Gasteiger partial charge in [0, 0.05) is 51.2 Å². The number of nitrogens with one attached hydrogen (secondary N) is 2. The minimum Gasteiger partial charge on any atom is -0.379 e. The summed E-state index contributed by atoms with van der Waals surface area (Å²) in [5.74, 6) is -0.204. The second-order valence-electron chi connectivity index (χ2n) is 6.77. The van der Waals surface area contributed by atoms with Gasteiger partial charge >= 0.3 is 0 Å². The van der Waals surface area contributed by atoms with Gasteiger partial charge in [-0.1, -0.05) is 0 Å². The Bertz CT molecular complexity index is 902. The first-order valence-corrected chi connectivity index (χ1v) is 10.7. The highest BCUT2D eigenvalue weighted by atomic mass is 32.2. The van der Waals surface area contributed by atoms with E-state index in [1.165, 1.54) is 19.1 Å². The molecule has 1 aromatic heterocycles. The van der Waals surface area contributed by atoms with Crippen molar-refractivity contribution in [2.24, 2.45) is 7.05 Å². The quantitative estimate of drug-likeness (QED) is 0.724. The van der Waals surface area contributed by atoms with E-state index in [2.05, 4.69) is 14.9 Å². The largest absolute Gasteiger partial charge is 0.379 e. The van der Waals surface area contributed by atoms with Crippen molar-refractivity contribution in [1.82, 2.24) is 14.2 Å². The molecule has 2 heterocycles. The number of carbonyl (C=O) groups excluding carboxylic acids is 1. The molecule has 1 aliphatic heterocycles. The van der Waals surface area contributed by atoms with Gasteiger partial charge in [-0.25, -0.2) is 13.1 Å². The molecule has 1 atom stereocenters. The van der Waals surface area contributed by atoms with Gasteiger partial charge in [0.05, 0.1) is 24.2 Å². The van der Waals surface area contributed by atoms with E-state index in [4.69, 9.17) is 4.74 Å². The maximum absolute atomic E-state index is 12.8. The molecule has 8 nitrogen and oxygen atoms in total. The van der Waals surface area contributed by atoms with Crippen LogP contribution in [-0.2, 0) is 26.6 Å². The molecule has 2 aromatic rings. The van der Waals surface area contributed by atoms with Crippen LogP contribution < -0.4 is 10.0 Å². The molecular weight excluding hydrogens is 380 g/mol. The molecule has 0 bridgehead atoms. The van der Waals surface area contributed by atoms with E-state index < -0.39 is 10.0 Å². The van der Waals surface area contributed by atoms with Gasteiger partial charge < -0.3 is 14.6 Å². The fourth-order valence-electron chi connectivity index (χ4n) is 3.32. The van der Waals surface area contributed by atoms with Gasteiger partial charge in [0.2, 0.25) is 15.9 Å². The number of rotatable bonds is 7. The predicted molar refractivity (Wildman–Crippen MR) is 106 cm³/mol. The van der Waals surface area contributed by atoms with Gasteiger partial charge in [-0.05, 0) is 36.4 Å². The molecule has 1 aromatic carbocycles. The summed E-state index contributed by atoms with van der Waals surface area (Å²) in [6, 6.07) is 10.0. The molecule has 28 heavy (non-hydrogen) atoms. The summed E-state index contributed by atoms with van der Waals surface area (Å²) in [5, 5.41) is 2.63. The average molecular weight is 407 g/mol. The highest BCUT2D eigenvalue weighted by molar-refractivity contribution is 7.89. The lowest BCUT2D eigenvalue weighted by Gasteiger charge is -2.34. The van der Waals surface area contributed by atoms with Crippen molar-refractivity contribution in [1.29, 1.82) is 0 Å². The molecule has 152 valence electrons. The van der Waals surface area contributed by atoms with Gasteiger partial charge in [0.1, 0.15) is 0 Å². The fraction of sp³-hybridized carbons (Fsp3) is 0.421. The van der Waals surface area contributed by atoms with Gasteiger partial charge in [-0.2, -0.15) is 0 Å². The number of hydrogen-bond acceptors (Lipinski definition) is 5. The monoisotopic (exact) mass is 406 g/mol. The van der Waals surface area contributed by atoms with Crippen molar-refractivity contribution in [3.8, 4) is 0 Å². The molecular formula is C19H26N4O4S. The van der Waals surface area contributed by atoms with E-state index in [0.29, 0.717) is 18.9 Å². The molecule has 0 radical (unpaired) electrons. The van der Waals surface area contributed by atoms with Gasteiger partial charge in [-0.3, -0.25) is 9.69 Å². The summed E-state index contributed by atoms with van der Waals surface area (Å²) in [6.45, 7) is 4.44. The zero-order valence-corrected chi connectivity index (χ0v) is 16.9. The molecule has 1 aliphatic rings. The summed E-state index contributed by atoms with van der Waals surface area (Å²) in [6.07, 6.45) is 1.96. The smallest absolute Gasteiger partial charge is 0.240 e. The van der Waals surface area contributed by atoms with Crippen LogP contribution in [0.3, 0.4) is 0 Å². The first-order valence-electron chi connectivity index (χ1n) is 9.17. The number of aromatic nitrogens is 1. The number of ether oxygens (including phenoxy) is 1. The number of hydrogen-bond donors (Lipinski definition) is 2. The fourth-order valence-corrected chi connectivity index (χ4v) is 4.36. The first kappa shape index (κ1) is 20.5. The van der Waals surface area contributed by atoms with Crippen molar-refractivity contribution in [2.45, 2.75) is 17.9 Å². The number of sulfonamides is 1. The minimum atomic E-state index is -3.67. The van der Waals surface area contributed by atoms with Crippen LogP contribution >= 0.6 is 0 Å². The van der Waals surface area contributed by atoms with Crippen LogP contribution in [0.15, 0.2) is 47.5 Å². The zero-order valence-electron chi connectivity index (χ0n) is 16.1. The third-order valence-electron chi connectivity index (χ3n) is 4.76. The first-order chi connectivity index (χ1) is 13.4. The third-order valence-corrected chi connectivity index (χ3v) is 6.20. The number of aryl methyl sites for hydroxylation is 1. The minimum absolute atomic E-state index is 0.0858. The third kappa shape index (κ3) is 4.99. The van der Waals surface area contributed by atoms with E-state index >= 15 is 0 Å². The maximum atomic E-state index is 12.8. The maximum Gasteiger partial charge on any atom is 0.240 e. The standard InChI is InChI=1S/C19H26N4O4S/c1-15(24)21-16-5-7-17(8-6-16)28(25,26)20-14-19(18-4-3-9-22(18)2)23-10-12-27-13-11-23/h3-9,19-20H,10-14H2,1-2H3,(H,21,24). The van der Waals surface area contributed by atoms with Crippen LogP contribution in [0.1, 0.15) is 18.7 Å². The molecule has 9 heteroatoms. The zero-order chi connectivity index (χ0) is 20.1. The van der Waals surface area contributed by atoms with Crippen molar-refractivity contribution in [3.63, 3.8) is 0 Å². The molecule has 1 fully saturated rings. The van der Waals surface area contributed by atoms with E-state index in [1.54, 1.807) is 12.1 Å². The Balaban J connectivity index is 1.74. The lowest BCUT2D eigenvalue weighted by molar-refractivity contribution is -0.114.